The molecule has 0 aromatic rings. The lowest BCUT2D eigenvalue weighted by Gasteiger charge is -2.22. The van der Waals surface area contributed by atoms with E-state index in [1.807, 2.05) is 13.8 Å². The lowest BCUT2D eigenvalue weighted by atomic mass is 10.1. The summed E-state index contributed by atoms with van der Waals surface area (Å²) in [6, 6.07) is 0. The van der Waals surface area contributed by atoms with Crippen LogP contribution in [0.4, 0.5) is 0 Å². The fraction of sp³-hybridized carbons (Fsp3) is 0.636. The van der Waals surface area contributed by atoms with Crippen LogP contribution in [-0.4, -0.2) is 36.6 Å². The summed E-state index contributed by atoms with van der Waals surface area (Å²) < 4.78 is 10.3. The standard InChI is InChI=1S/C11H18O3/c1-5-7-13-8-10(12)9-14-11(3,4)6-2/h1,6,10,12H,2,7-9H2,3-4H3. The SMILES string of the molecule is C#CCOCC(O)COC(C)(C)C=C. The molecule has 0 aromatic heterocycles. The summed E-state index contributed by atoms with van der Waals surface area (Å²) in [5.74, 6) is 2.32. The van der Waals surface area contributed by atoms with Crippen LogP contribution in [-0.2, 0) is 9.47 Å². The van der Waals surface area contributed by atoms with E-state index in [-0.39, 0.29) is 19.8 Å². The molecule has 0 heterocycles. The topological polar surface area (TPSA) is 38.7 Å². The molecule has 3 nitrogen and oxygen atoms in total. The zero-order valence-corrected chi connectivity index (χ0v) is 8.82. The third-order valence-electron chi connectivity index (χ3n) is 1.63. The Kier molecular flexibility index (Phi) is 6.22. The Morgan fingerprint density at radius 1 is 1.57 bits per heavy atom. The van der Waals surface area contributed by atoms with Gasteiger partial charge in [0.1, 0.15) is 12.7 Å². The number of rotatable bonds is 7. The molecule has 0 aromatic carbocycles. The first-order valence-corrected chi connectivity index (χ1v) is 4.48. The minimum atomic E-state index is -0.650. The quantitative estimate of drug-likeness (QED) is 0.376. The molecule has 0 saturated carbocycles. The van der Waals surface area contributed by atoms with Crippen LogP contribution in [0.15, 0.2) is 12.7 Å². The van der Waals surface area contributed by atoms with Crippen molar-refractivity contribution >= 4 is 0 Å². The summed E-state index contributed by atoms with van der Waals surface area (Å²) in [6.07, 6.45) is 6.01. The van der Waals surface area contributed by atoms with E-state index < -0.39 is 11.7 Å². The molecule has 0 aliphatic heterocycles. The van der Waals surface area contributed by atoms with Crippen LogP contribution in [0.1, 0.15) is 13.8 Å². The summed E-state index contributed by atoms with van der Waals surface area (Å²) in [5.41, 5.74) is -0.424. The van der Waals surface area contributed by atoms with Crippen molar-refractivity contribution in [1.82, 2.24) is 0 Å². The maximum atomic E-state index is 9.38. The maximum Gasteiger partial charge on any atom is 0.107 e. The van der Waals surface area contributed by atoms with Gasteiger partial charge < -0.3 is 14.6 Å². The van der Waals surface area contributed by atoms with E-state index in [2.05, 4.69) is 12.5 Å². The van der Waals surface area contributed by atoms with Gasteiger partial charge in [-0.3, -0.25) is 0 Å². The Bertz CT molecular complexity index is 203. The predicted molar refractivity (Wildman–Crippen MR) is 55.9 cm³/mol. The number of hydrogen-bond donors (Lipinski definition) is 1. The summed E-state index contributed by atoms with van der Waals surface area (Å²) >= 11 is 0. The molecular formula is C11H18O3. The van der Waals surface area contributed by atoms with Crippen LogP contribution >= 0.6 is 0 Å². The van der Waals surface area contributed by atoms with Crippen molar-refractivity contribution < 1.29 is 14.6 Å². The summed E-state index contributed by atoms with van der Waals surface area (Å²) in [7, 11) is 0. The number of aliphatic hydroxyl groups excluding tert-OH is 1. The van der Waals surface area contributed by atoms with Crippen molar-refractivity contribution in [1.29, 1.82) is 0 Å². The van der Waals surface area contributed by atoms with Gasteiger partial charge in [-0.2, -0.15) is 0 Å². The molecule has 14 heavy (non-hydrogen) atoms. The van der Waals surface area contributed by atoms with E-state index in [9.17, 15) is 5.11 Å². The molecule has 1 atom stereocenters. The van der Waals surface area contributed by atoms with Crippen LogP contribution in [0.3, 0.4) is 0 Å². The summed E-state index contributed by atoms with van der Waals surface area (Å²) in [6.45, 7) is 7.98. The molecule has 0 aliphatic rings. The minimum Gasteiger partial charge on any atom is -0.388 e. The zero-order valence-electron chi connectivity index (χ0n) is 8.82. The Balaban J connectivity index is 3.59. The van der Waals surface area contributed by atoms with Crippen molar-refractivity contribution in [3.05, 3.63) is 12.7 Å². The molecule has 0 amide bonds. The van der Waals surface area contributed by atoms with Gasteiger partial charge in [-0.15, -0.1) is 13.0 Å². The van der Waals surface area contributed by atoms with E-state index in [0.717, 1.165) is 0 Å². The van der Waals surface area contributed by atoms with Gasteiger partial charge in [0.15, 0.2) is 0 Å². The third kappa shape index (κ3) is 6.67. The van der Waals surface area contributed by atoms with E-state index in [4.69, 9.17) is 15.9 Å². The first-order chi connectivity index (χ1) is 6.52. The molecule has 0 radical (unpaired) electrons. The van der Waals surface area contributed by atoms with Crippen molar-refractivity contribution in [3.8, 4) is 12.3 Å². The molecule has 3 heteroatoms. The highest BCUT2D eigenvalue weighted by molar-refractivity contribution is 4.89. The molecule has 0 saturated heterocycles. The first-order valence-electron chi connectivity index (χ1n) is 4.48. The highest BCUT2D eigenvalue weighted by Gasteiger charge is 2.15. The molecular weight excluding hydrogens is 180 g/mol. The molecule has 1 unspecified atom stereocenters. The average molecular weight is 198 g/mol. The predicted octanol–water partition coefficient (Wildman–Crippen LogP) is 0.978. The second-order valence-corrected chi connectivity index (χ2v) is 3.49. The highest BCUT2D eigenvalue weighted by Crippen LogP contribution is 2.09. The van der Waals surface area contributed by atoms with Crippen LogP contribution in [0.2, 0.25) is 0 Å². The molecule has 0 aliphatic carbocycles. The van der Waals surface area contributed by atoms with Crippen molar-refractivity contribution in [2.45, 2.75) is 25.6 Å². The Labute approximate surface area is 85.7 Å². The summed E-state index contributed by atoms with van der Waals surface area (Å²) in [5, 5.41) is 9.38. The van der Waals surface area contributed by atoms with Crippen molar-refractivity contribution in [3.63, 3.8) is 0 Å². The Morgan fingerprint density at radius 3 is 2.71 bits per heavy atom. The lowest BCUT2D eigenvalue weighted by molar-refractivity contribution is -0.0566. The number of ether oxygens (including phenoxy) is 2. The van der Waals surface area contributed by atoms with E-state index in [1.54, 1.807) is 6.08 Å². The number of terminal acetylenes is 1. The van der Waals surface area contributed by atoms with E-state index in [1.165, 1.54) is 0 Å². The van der Waals surface area contributed by atoms with Crippen LogP contribution < -0.4 is 0 Å². The fourth-order valence-electron chi connectivity index (χ4n) is 0.672. The zero-order chi connectivity index (χ0) is 11.0. The van der Waals surface area contributed by atoms with Gasteiger partial charge in [0, 0.05) is 0 Å². The third-order valence-corrected chi connectivity index (χ3v) is 1.63. The molecule has 0 spiro atoms. The molecule has 80 valence electrons. The monoisotopic (exact) mass is 198 g/mol. The van der Waals surface area contributed by atoms with Crippen LogP contribution in [0.25, 0.3) is 0 Å². The average Bonchev–Trinajstić information content (AvgIpc) is 2.16. The van der Waals surface area contributed by atoms with Gasteiger partial charge in [0.2, 0.25) is 0 Å². The Morgan fingerprint density at radius 2 is 2.21 bits per heavy atom. The number of hydrogen-bond acceptors (Lipinski definition) is 3. The Hall–Kier alpha value is -0.820. The van der Waals surface area contributed by atoms with Gasteiger partial charge >= 0.3 is 0 Å². The highest BCUT2D eigenvalue weighted by atomic mass is 16.5. The minimum absolute atomic E-state index is 0.192. The maximum absolute atomic E-state index is 9.38. The molecule has 0 fully saturated rings. The molecule has 0 rings (SSSR count). The smallest absolute Gasteiger partial charge is 0.107 e. The largest absolute Gasteiger partial charge is 0.388 e. The van der Waals surface area contributed by atoms with Gasteiger partial charge in [-0.25, -0.2) is 0 Å². The van der Waals surface area contributed by atoms with E-state index in [0.29, 0.717) is 0 Å². The van der Waals surface area contributed by atoms with Crippen LogP contribution in [0.5, 0.6) is 0 Å². The van der Waals surface area contributed by atoms with Crippen LogP contribution in [0, 0.1) is 12.3 Å². The van der Waals surface area contributed by atoms with E-state index >= 15 is 0 Å². The van der Waals surface area contributed by atoms with Gasteiger partial charge in [-0.05, 0) is 13.8 Å². The fourth-order valence-corrected chi connectivity index (χ4v) is 0.672. The molecule has 1 N–H and O–H groups in total. The normalized spacial score (nSPS) is 13.3. The first kappa shape index (κ1) is 13.2. The second-order valence-electron chi connectivity index (χ2n) is 3.49. The van der Waals surface area contributed by atoms with Crippen molar-refractivity contribution in [2.75, 3.05) is 19.8 Å². The lowest BCUT2D eigenvalue weighted by Crippen LogP contribution is -2.29. The second kappa shape index (κ2) is 6.61. The van der Waals surface area contributed by atoms with Crippen molar-refractivity contribution in [2.24, 2.45) is 0 Å². The van der Waals surface area contributed by atoms with Gasteiger partial charge in [0.25, 0.3) is 0 Å². The van der Waals surface area contributed by atoms with Gasteiger partial charge in [-0.1, -0.05) is 12.0 Å². The number of aliphatic hydroxyl groups is 1. The van der Waals surface area contributed by atoms with Gasteiger partial charge in [0.05, 0.1) is 18.8 Å². The molecule has 0 bridgehead atoms. The summed E-state index contributed by atoms with van der Waals surface area (Å²) in [4.78, 5) is 0.